The molecule has 1 aliphatic rings. The van der Waals surface area contributed by atoms with Crippen molar-refractivity contribution in [3.63, 3.8) is 0 Å². The first-order chi connectivity index (χ1) is 10.3. The maximum Gasteiger partial charge on any atom is 0.121 e. The van der Waals surface area contributed by atoms with Gasteiger partial charge in [-0.3, -0.25) is 0 Å². The molecule has 1 fully saturated rings. The van der Waals surface area contributed by atoms with Crippen LogP contribution in [-0.2, 0) is 6.61 Å². The topological polar surface area (TPSA) is 24.5 Å². The quantitative estimate of drug-likeness (QED) is 0.932. The zero-order valence-corrected chi connectivity index (χ0v) is 12.5. The van der Waals surface area contributed by atoms with Gasteiger partial charge in [0, 0.05) is 37.4 Å². The molecule has 1 aliphatic heterocycles. The molecule has 0 spiro atoms. The summed E-state index contributed by atoms with van der Waals surface area (Å²) in [6.45, 7) is 5.99. The van der Waals surface area contributed by atoms with Gasteiger partial charge in [0.2, 0.25) is 0 Å². The summed E-state index contributed by atoms with van der Waals surface area (Å²) in [7, 11) is 0. The van der Waals surface area contributed by atoms with Crippen molar-refractivity contribution in [2.75, 3.05) is 24.5 Å². The molecule has 0 radical (unpaired) electrons. The van der Waals surface area contributed by atoms with E-state index in [9.17, 15) is 0 Å². The van der Waals surface area contributed by atoms with Gasteiger partial charge in [-0.2, -0.15) is 0 Å². The maximum atomic E-state index is 5.92. The second-order valence-corrected chi connectivity index (χ2v) is 5.52. The number of nitrogens with zero attached hydrogens (tertiary/aromatic N) is 1. The van der Waals surface area contributed by atoms with E-state index < -0.39 is 0 Å². The molecule has 1 N–H and O–H groups in total. The molecule has 0 aliphatic carbocycles. The van der Waals surface area contributed by atoms with Gasteiger partial charge in [-0.15, -0.1) is 0 Å². The Morgan fingerprint density at radius 3 is 2.81 bits per heavy atom. The third kappa shape index (κ3) is 3.56. The summed E-state index contributed by atoms with van der Waals surface area (Å²) in [6, 6.07) is 19.2. The molecule has 21 heavy (non-hydrogen) atoms. The highest BCUT2D eigenvalue weighted by molar-refractivity contribution is 5.52. The summed E-state index contributed by atoms with van der Waals surface area (Å²) in [5, 5.41) is 3.42. The Balaban J connectivity index is 1.68. The lowest BCUT2D eigenvalue weighted by atomic mass is 10.1. The highest BCUT2D eigenvalue weighted by atomic mass is 16.5. The third-order valence-corrected chi connectivity index (χ3v) is 3.90. The molecule has 3 heteroatoms. The van der Waals surface area contributed by atoms with E-state index in [1.165, 1.54) is 11.3 Å². The van der Waals surface area contributed by atoms with Crippen molar-refractivity contribution in [2.24, 2.45) is 0 Å². The summed E-state index contributed by atoms with van der Waals surface area (Å²) >= 11 is 0. The van der Waals surface area contributed by atoms with Gasteiger partial charge in [0.1, 0.15) is 12.4 Å². The van der Waals surface area contributed by atoms with Crippen molar-refractivity contribution < 1.29 is 4.74 Å². The normalized spacial score (nSPS) is 18.5. The van der Waals surface area contributed by atoms with Gasteiger partial charge in [-0.1, -0.05) is 36.4 Å². The average molecular weight is 282 g/mol. The Morgan fingerprint density at radius 2 is 2.00 bits per heavy atom. The number of hydrogen-bond donors (Lipinski definition) is 1. The number of hydrogen-bond acceptors (Lipinski definition) is 3. The maximum absolute atomic E-state index is 5.92. The number of ether oxygens (including phenoxy) is 1. The second-order valence-electron chi connectivity index (χ2n) is 5.52. The summed E-state index contributed by atoms with van der Waals surface area (Å²) in [6.07, 6.45) is 0. The first-order valence-electron chi connectivity index (χ1n) is 7.57. The highest BCUT2D eigenvalue weighted by Crippen LogP contribution is 2.24. The van der Waals surface area contributed by atoms with Crippen LogP contribution >= 0.6 is 0 Å². The first-order valence-corrected chi connectivity index (χ1v) is 7.57. The number of anilines is 1. The summed E-state index contributed by atoms with van der Waals surface area (Å²) < 4.78 is 5.92. The zero-order valence-electron chi connectivity index (χ0n) is 12.5. The van der Waals surface area contributed by atoms with E-state index >= 15 is 0 Å². The molecule has 1 heterocycles. The Kier molecular flexibility index (Phi) is 4.41. The number of rotatable bonds is 4. The van der Waals surface area contributed by atoms with Crippen molar-refractivity contribution in [3.05, 3.63) is 60.2 Å². The first kappa shape index (κ1) is 14.0. The van der Waals surface area contributed by atoms with E-state index in [4.69, 9.17) is 4.74 Å². The molecule has 0 unspecified atom stereocenters. The minimum absolute atomic E-state index is 0.517. The van der Waals surface area contributed by atoms with Crippen molar-refractivity contribution in [2.45, 2.75) is 19.6 Å². The lowest BCUT2D eigenvalue weighted by Gasteiger charge is -2.36. The molecule has 2 aromatic carbocycles. The van der Waals surface area contributed by atoms with Gasteiger partial charge < -0.3 is 15.0 Å². The van der Waals surface area contributed by atoms with E-state index in [1.807, 2.05) is 24.3 Å². The molecular weight excluding hydrogens is 260 g/mol. The van der Waals surface area contributed by atoms with Gasteiger partial charge in [-0.25, -0.2) is 0 Å². The fraction of sp³-hybridized carbons (Fsp3) is 0.333. The van der Waals surface area contributed by atoms with Gasteiger partial charge >= 0.3 is 0 Å². The number of benzene rings is 2. The van der Waals surface area contributed by atoms with Gasteiger partial charge in [0.25, 0.3) is 0 Å². The van der Waals surface area contributed by atoms with Crippen LogP contribution in [0.25, 0.3) is 0 Å². The van der Waals surface area contributed by atoms with Gasteiger partial charge in [0.15, 0.2) is 0 Å². The number of piperazine rings is 1. The fourth-order valence-corrected chi connectivity index (χ4v) is 2.72. The van der Waals surface area contributed by atoms with Crippen LogP contribution < -0.4 is 15.0 Å². The molecule has 3 rings (SSSR count). The average Bonchev–Trinajstić information content (AvgIpc) is 2.55. The highest BCUT2D eigenvalue weighted by Gasteiger charge is 2.18. The SMILES string of the molecule is C[C@@H]1CNCCN1c1cccc(OCc2ccccc2)c1. The van der Waals surface area contributed by atoms with Crippen molar-refractivity contribution in [3.8, 4) is 5.75 Å². The van der Waals surface area contributed by atoms with Crippen molar-refractivity contribution >= 4 is 5.69 Å². The third-order valence-electron chi connectivity index (χ3n) is 3.90. The Bertz CT molecular complexity index is 570. The predicted octanol–water partition coefficient (Wildman–Crippen LogP) is 3.06. The van der Waals surface area contributed by atoms with Crippen LogP contribution in [0.1, 0.15) is 12.5 Å². The van der Waals surface area contributed by atoms with Crippen LogP contribution in [0.4, 0.5) is 5.69 Å². The summed E-state index contributed by atoms with van der Waals surface area (Å²) in [4.78, 5) is 2.44. The molecule has 2 aromatic rings. The minimum Gasteiger partial charge on any atom is -0.489 e. The van der Waals surface area contributed by atoms with E-state index in [1.54, 1.807) is 0 Å². The van der Waals surface area contributed by atoms with Gasteiger partial charge in [0.05, 0.1) is 0 Å². The molecule has 1 saturated heterocycles. The molecule has 1 atom stereocenters. The molecule has 0 aromatic heterocycles. The van der Waals surface area contributed by atoms with Crippen LogP contribution in [0.5, 0.6) is 5.75 Å². The lowest BCUT2D eigenvalue weighted by molar-refractivity contribution is 0.306. The molecule has 0 bridgehead atoms. The standard InChI is InChI=1S/C18H22N2O/c1-15-13-19-10-11-20(15)17-8-5-9-18(12-17)21-14-16-6-3-2-4-7-16/h2-9,12,15,19H,10-11,13-14H2,1H3/t15-/m1/s1. The van der Waals surface area contributed by atoms with Crippen molar-refractivity contribution in [1.29, 1.82) is 0 Å². The number of nitrogens with one attached hydrogen (secondary N) is 1. The Hall–Kier alpha value is -2.00. The van der Waals surface area contributed by atoms with E-state index in [-0.39, 0.29) is 0 Å². The molecule has 110 valence electrons. The van der Waals surface area contributed by atoms with Crippen molar-refractivity contribution in [1.82, 2.24) is 5.32 Å². The smallest absolute Gasteiger partial charge is 0.121 e. The predicted molar refractivity (Wildman–Crippen MR) is 86.9 cm³/mol. The molecule has 0 saturated carbocycles. The van der Waals surface area contributed by atoms with E-state index in [0.717, 1.165) is 25.4 Å². The van der Waals surface area contributed by atoms with Crippen LogP contribution in [-0.4, -0.2) is 25.7 Å². The van der Waals surface area contributed by atoms with Crippen LogP contribution in [0, 0.1) is 0 Å². The van der Waals surface area contributed by atoms with E-state index in [2.05, 4.69) is 47.5 Å². The monoisotopic (exact) mass is 282 g/mol. The molecule has 0 amide bonds. The van der Waals surface area contributed by atoms with Crippen LogP contribution in [0.3, 0.4) is 0 Å². The molecular formula is C18H22N2O. The second kappa shape index (κ2) is 6.64. The minimum atomic E-state index is 0.517. The van der Waals surface area contributed by atoms with Gasteiger partial charge in [-0.05, 0) is 24.6 Å². The van der Waals surface area contributed by atoms with Crippen LogP contribution in [0.15, 0.2) is 54.6 Å². The fourth-order valence-electron chi connectivity index (χ4n) is 2.72. The largest absolute Gasteiger partial charge is 0.489 e. The summed E-state index contributed by atoms with van der Waals surface area (Å²) in [5.74, 6) is 0.932. The zero-order chi connectivity index (χ0) is 14.5. The Morgan fingerprint density at radius 1 is 1.14 bits per heavy atom. The Labute approximate surface area is 126 Å². The van der Waals surface area contributed by atoms with E-state index in [0.29, 0.717) is 12.6 Å². The van der Waals surface area contributed by atoms with Crippen LogP contribution in [0.2, 0.25) is 0 Å². The summed E-state index contributed by atoms with van der Waals surface area (Å²) in [5.41, 5.74) is 2.44. The molecule has 3 nitrogen and oxygen atoms in total. The lowest BCUT2D eigenvalue weighted by Crippen LogP contribution is -2.49.